The largest absolute Gasteiger partial charge is 0.494 e. The number of pyridine rings is 1. The number of fused-ring (bicyclic) bond motifs is 1. The molecule has 0 saturated carbocycles. The molecule has 0 spiro atoms. The summed E-state index contributed by atoms with van der Waals surface area (Å²) in [5.74, 6) is -1.54. The average Bonchev–Trinajstić information content (AvgIpc) is 3.36. The van der Waals surface area contributed by atoms with Gasteiger partial charge in [0.05, 0.1) is 18.4 Å². The molecule has 1 aliphatic rings. The lowest BCUT2D eigenvalue weighted by Gasteiger charge is -2.13. The summed E-state index contributed by atoms with van der Waals surface area (Å²) in [4.78, 5) is 17.3. The minimum absolute atomic E-state index is 0.0659. The van der Waals surface area contributed by atoms with Crippen molar-refractivity contribution in [3.05, 3.63) is 58.5 Å². The van der Waals surface area contributed by atoms with Crippen molar-refractivity contribution >= 4 is 11.6 Å². The molecule has 1 aromatic carbocycles. The van der Waals surface area contributed by atoms with E-state index in [0.717, 1.165) is 18.2 Å². The normalized spacial score (nSPS) is 17.6. The zero-order valence-corrected chi connectivity index (χ0v) is 17.8. The highest BCUT2D eigenvalue weighted by molar-refractivity contribution is 5.95. The maximum absolute atomic E-state index is 14.5. The number of carbonyl (C=O) groups excluding carboxylic acids is 1. The average molecular weight is 430 g/mol. The van der Waals surface area contributed by atoms with E-state index < -0.39 is 11.6 Å². The summed E-state index contributed by atoms with van der Waals surface area (Å²) in [5, 5.41) is 6.13. The number of nitrogens with zero attached hydrogens (tertiary/aromatic N) is 2. The van der Waals surface area contributed by atoms with Crippen LogP contribution in [0.15, 0.2) is 24.4 Å². The number of nitrogens with one attached hydrogen (secondary N) is 2. The van der Waals surface area contributed by atoms with Gasteiger partial charge in [0, 0.05) is 24.8 Å². The molecule has 0 radical (unpaired) electrons. The Kier molecular flexibility index (Phi) is 5.30. The number of aromatic nitrogens is 2. The van der Waals surface area contributed by atoms with Gasteiger partial charge in [-0.2, -0.15) is 0 Å². The minimum Gasteiger partial charge on any atom is -0.494 e. The quantitative estimate of drug-likeness (QED) is 0.563. The highest BCUT2D eigenvalue weighted by atomic mass is 19.1. The monoisotopic (exact) mass is 430 g/mol. The Morgan fingerprint density at radius 1 is 1.32 bits per heavy atom. The molecule has 0 aliphatic carbocycles. The molecule has 2 aromatic heterocycles. The van der Waals surface area contributed by atoms with Crippen molar-refractivity contribution in [1.29, 1.82) is 0 Å². The Hall–Kier alpha value is -3.20. The third-order valence-corrected chi connectivity index (χ3v) is 5.37. The second-order valence-corrected chi connectivity index (χ2v) is 8.05. The van der Waals surface area contributed by atoms with E-state index >= 15 is 0 Å². The van der Waals surface area contributed by atoms with Crippen LogP contribution in [0.5, 0.6) is 11.5 Å². The topological polar surface area (TPSA) is 86.8 Å². The Morgan fingerprint density at radius 3 is 2.74 bits per heavy atom. The molecule has 1 atom stereocenters. The summed E-state index contributed by atoms with van der Waals surface area (Å²) in [5.41, 5.74) is 1.81. The van der Waals surface area contributed by atoms with Crippen molar-refractivity contribution in [2.24, 2.45) is 0 Å². The number of rotatable bonds is 7. The van der Waals surface area contributed by atoms with Crippen molar-refractivity contribution in [2.45, 2.75) is 32.9 Å². The molecule has 1 saturated heterocycles. The van der Waals surface area contributed by atoms with E-state index in [2.05, 4.69) is 15.6 Å². The Labute approximate surface area is 178 Å². The molecule has 164 valence electrons. The first-order chi connectivity index (χ1) is 14.7. The first-order valence-electron chi connectivity index (χ1n) is 9.88. The van der Waals surface area contributed by atoms with Gasteiger partial charge in [-0.25, -0.2) is 13.8 Å². The van der Waals surface area contributed by atoms with Crippen LogP contribution in [0.25, 0.3) is 5.65 Å². The van der Waals surface area contributed by atoms with Crippen molar-refractivity contribution in [3.63, 3.8) is 0 Å². The van der Waals surface area contributed by atoms with Gasteiger partial charge in [0.1, 0.15) is 18.1 Å². The highest BCUT2D eigenvalue weighted by Gasteiger charge is 2.37. The van der Waals surface area contributed by atoms with Gasteiger partial charge in [0.2, 0.25) is 0 Å². The number of methoxy groups -OCH3 is 1. The van der Waals surface area contributed by atoms with Crippen LogP contribution in [-0.4, -0.2) is 41.0 Å². The number of halogens is 2. The number of benzene rings is 1. The summed E-state index contributed by atoms with van der Waals surface area (Å²) >= 11 is 0. The molecular weight excluding hydrogens is 406 g/mol. The fourth-order valence-electron chi connectivity index (χ4n) is 3.39. The number of hydrogen-bond acceptors (Lipinski definition) is 5. The van der Waals surface area contributed by atoms with Gasteiger partial charge < -0.3 is 20.1 Å². The van der Waals surface area contributed by atoms with Gasteiger partial charge >= 0.3 is 0 Å². The summed E-state index contributed by atoms with van der Waals surface area (Å²) in [6, 6.07) is 4.07. The molecule has 4 rings (SSSR count). The molecule has 1 amide bonds. The van der Waals surface area contributed by atoms with E-state index in [9.17, 15) is 13.6 Å². The van der Waals surface area contributed by atoms with Crippen molar-refractivity contribution in [2.75, 3.05) is 20.2 Å². The zero-order chi connectivity index (χ0) is 22.3. The van der Waals surface area contributed by atoms with Crippen molar-refractivity contribution < 1.29 is 23.0 Å². The van der Waals surface area contributed by atoms with E-state index in [1.807, 2.05) is 13.8 Å². The van der Waals surface area contributed by atoms with Crippen LogP contribution in [-0.2, 0) is 6.61 Å². The van der Waals surface area contributed by atoms with E-state index in [-0.39, 0.29) is 29.4 Å². The molecule has 3 heterocycles. The summed E-state index contributed by atoms with van der Waals surface area (Å²) in [6.07, 6.45) is 1.78. The van der Waals surface area contributed by atoms with Gasteiger partial charge in [0.15, 0.2) is 23.0 Å². The maximum atomic E-state index is 14.5. The predicted octanol–water partition coefficient (Wildman–Crippen LogP) is 2.91. The zero-order valence-electron chi connectivity index (χ0n) is 17.8. The summed E-state index contributed by atoms with van der Waals surface area (Å²) < 4.78 is 41.0. The van der Waals surface area contributed by atoms with Crippen LogP contribution in [0.3, 0.4) is 0 Å². The molecule has 3 aromatic rings. The second-order valence-electron chi connectivity index (χ2n) is 8.05. The standard InChI is InChI=1S/C22H24F2N4O3/c1-12-7-17(31-9-14-15(23)5-6-16(30-4)18(14)24)20-27-13(2)19(28(20)8-12)21(29)25-10-22(3)11-26-22/h5-8,26H,9-11H2,1-4H3,(H,25,29). The second kappa shape index (κ2) is 7.81. The predicted molar refractivity (Wildman–Crippen MR) is 111 cm³/mol. The fraction of sp³-hybridized carbons (Fsp3) is 0.364. The first kappa shape index (κ1) is 21.0. The lowest BCUT2D eigenvalue weighted by molar-refractivity contribution is 0.0943. The molecule has 1 aliphatic heterocycles. The van der Waals surface area contributed by atoms with Crippen LogP contribution >= 0.6 is 0 Å². The molecular formula is C22H24F2N4O3. The van der Waals surface area contributed by atoms with Crippen LogP contribution in [0, 0.1) is 25.5 Å². The van der Waals surface area contributed by atoms with Crippen LogP contribution in [0.1, 0.15) is 34.2 Å². The van der Waals surface area contributed by atoms with Gasteiger partial charge in [-0.3, -0.25) is 9.20 Å². The van der Waals surface area contributed by atoms with E-state index in [1.54, 1.807) is 23.6 Å². The molecule has 31 heavy (non-hydrogen) atoms. The van der Waals surface area contributed by atoms with Crippen molar-refractivity contribution in [1.82, 2.24) is 20.0 Å². The summed E-state index contributed by atoms with van der Waals surface area (Å²) in [6.45, 7) is 6.60. The molecule has 9 heteroatoms. The smallest absolute Gasteiger partial charge is 0.270 e. The van der Waals surface area contributed by atoms with E-state index in [0.29, 0.717) is 29.3 Å². The highest BCUT2D eigenvalue weighted by Crippen LogP contribution is 2.28. The van der Waals surface area contributed by atoms with Crippen LogP contribution in [0.2, 0.25) is 0 Å². The van der Waals surface area contributed by atoms with Gasteiger partial charge in [0.25, 0.3) is 5.91 Å². The van der Waals surface area contributed by atoms with Gasteiger partial charge in [-0.05, 0) is 44.5 Å². The number of hydrogen-bond donors (Lipinski definition) is 2. The number of imidazole rings is 1. The fourth-order valence-corrected chi connectivity index (χ4v) is 3.39. The number of amides is 1. The van der Waals surface area contributed by atoms with E-state index in [1.165, 1.54) is 13.2 Å². The molecule has 0 bridgehead atoms. The SMILES string of the molecule is COc1ccc(F)c(COc2cc(C)cn3c(C(=O)NCC4(C)CN4)c(C)nc23)c1F. The summed E-state index contributed by atoms with van der Waals surface area (Å²) in [7, 11) is 1.31. The number of aryl methyl sites for hydroxylation is 2. The van der Waals surface area contributed by atoms with Gasteiger partial charge in [-0.15, -0.1) is 0 Å². The van der Waals surface area contributed by atoms with E-state index in [4.69, 9.17) is 9.47 Å². The Balaban J connectivity index is 1.64. The first-order valence-corrected chi connectivity index (χ1v) is 9.88. The third-order valence-electron chi connectivity index (χ3n) is 5.37. The van der Waals surface area contributed by atoms with Crippen molar-refractivity contribution in [3.8, 4) is 11.5 Å². The minimum atomic E-state index is -0.812. The lowest BCUT2D eigenvalue weighted by atomic mass is 10.2. The third kappa shape index (κ3) is 4.05. The maximum Gasteiger partial charge on any atom is 0.270 e. The molecule has 1 unspecified atom stereocenters. The number of carbonyl (C=O) groups is 1. The Morgan fingerprint density at radius 2 is 2.06 bits per heavy atom. The number of ether oxygens (including phenoxy) is 2. The van der Waals surface area contributed by atoms with Gasteiger partial charge in [-0.1, -0.05) is 0 Å². The van der Waals surface area contributed by atoms with Crippen LogP contribution in [0.4, 0.5) is 8.78 Å². The molecule has 7 nitrogen and oxygen atoms in total. The molecule has 1 fully saturated rings. The molecule has 2 N–H and O–H groups in total. The Bertz CT molecular complexity index is 1170. The lowest BCUT2D eigenvalue weighted by Crippen LogP contribution is -2.35. The van der Waals surface area contributed by atoms with Crippen LogP contribution < -0.4 is 20.1 Å².